The van der Waals surface area contributed by atoms with Gasteiger partial charge < -0.3 is 4.90 Å². The van der Waals surface area contributed by atoms with Crippen LogP contribution in [0.5, 0.6) is 0 Å². The number of carbonyl (C=O) groups is 1. The minimum atomic E-state index is 0.453. The topological polar surface area (TPSA) is 20.3 Å². The van der Waals surface area contributed by atoms with E-state index >= 15 is 0 Å². The fraction of sp³-hybridized carbons (Fsp3) is 0.900. The lowest BCUT2D eigenvalue weighted by Crippen LogP contribution is -2.36. The van der Waals surface area contributed by atoms with Crippen molar-refractivity contribution in [2.75, 3.05) is 25.6 Å². The third kappa shape index (κ3) is 3.69. The predicted octanol–water partition coefficient (Wildman–Crippen LogP) is 1.79. The van der Waals surface area contributed by atoms with Gasteiger partial charge in [-0.1, -0.05) is 0 Å². The molecule has 0 aromatic rings. The highest BCUT2D eigenvalue weighted by atomic mass is 32.2. The van der Waals surface area contributed by atoms with Gasteiger partial charge in [-0.15, -0.1) is 0 Å². The molecule has 0 atom stereocenters. The number of ketones is 1. The lowest BCUT2D eigenvalue weighted by Gasteiger charge is -2.30. The van der Waals surface area contributed by atoms with Gasteiger partial charge in [-0.25, -0.2) is 0 Å². The number of hydrogen-bond acceptors (Lipinski definition) is 3. The molecule has 0 saturated heterocycles. The number of nitrogens with zero attached hydrogens (tertiary/aromatic N) is 1. The van der Waals surface area contributed by atoms with Gasteiger partial charge in [-0.3, -0.25) is 4.79 Å². The SMILES string of the molecule is CSCCN(C)C1CCC(=O)CC1. The van der Waals surface area contributed by atoms with Crippen LogP contribution in [-0.4, -0.2) is 42.3 Å². The van der Waals surface area contributed by atoms with Gasteiger partial charge in [0.05, 0.1) is 0 Å². The van der Waals surface area contributed by atoms with Crippen molar-refractivity contribution in [2.45, 2.75) is 31.7 Å². The van der Waals surface area contributed by atoms with E-state index in [1.807, 2.05) is 11.8 Å². The second-order valence-electron chi connectivity index (χ2n) is 3.74. The van der Waals surface area contributed by atoms with Crippen molar-refractivity contribution in [3.05, 3.63) is 0 Å². The maximum atomic E-state index is 11.0. The Bertz CT molecular complexity index is 162. The standard InChI is InChI=1S/C10H19NOS/c1-11(7-8-13-2)9-3-5-10(12)6-4-9/h9H,3-8H2,1-2H3. The maximum absolute atomic E-state index is 11.0. The van der Waals surface area contributed by atoms with E-state index in [1.54, 1.807) is 0 Å². The Morgan fingerprint density at radius 3 is 2.62 bits per heavy atom. The summed E-state index contributed by atoms with van der Waals surface area (Å²) in [6.45, 7) is 1.15. The molecule has 76 valence electrons. The molecule has 3 heteroatoms. The number of rotatable bonds is 4. The molecule has 0 amide bonds. The van der Waals surface area contributed by atoms with E-state index in [1.165, 1.54) is 5.75 Å². The van der Waals surface area contributed by atoms with Crippen molar-refractivity contribution in [3.63, 3.8) is 0 Å². The fourth-order valence-electron chi connectivity index (χ4n) is 1.78. The first kappa shape index (κ1) is 11.1. The molecular weight excluding hydrogens is 182 g/mol. The maximum Gasteiger partial charge on any atom is 0.133 e. The third-order valence-corrected chi connectivity index (χ3v) is 3.38. The van der Waals surface area contributed by atoms with Crippen molar-refractivity contribution in [2.24, 2.45) is 0 Å². The third-order valence-electron chi connectivity index (χ3n) is 2.78. The van der Waals surface area contributed by atoms with Gasteiger partial charge in [0.2, 0.25) is 0 Å². The Hall–Kier alpha value is -0.0200. The molecule has 13 heavy (non-hydrogen) atoms. The molecule has 1 aliphatic rings. The molecule has 0 radical (unpaired) electrons. The molecule has 1 fully saturated rings. The number of hydrogen-bond donors (Lipinski definition) is 0. The van der Waals surface area contributed by atoms with Crippen molar-refractivity contribution < 1.29 is 4.79 Å². The highest BCUT2D eigenvalue weighted by molar-refractivity contribution is 7.98. The van der Waals surface area contributed by atoms with Crippen LogP contribution in [0, 0.1) is 0 Å². The molecule has 0 unspecified atom stereocenters. The number of carbonyl (C=O) groups excluding carboxylic acids is 1. The summed E-state index contributed by atoms with van der Waals surface area (Å²) < 4.78 is 0. The van der Waals surface area contributed by atoms with Gasteiger partial charge >= 0.3 is 0 Å². The van der Waals surface area contributed by atoms with E-state index in [2.05, 4.69) is 18.2 Å². The van der Waals surface area contributed by atoms with Crippen LogP contribution in [0.2, 0.25) is 0 Å². The molecule has 0 heterocycles. The summed E-state index contributed by atoms with van der Waals surface area (Å²) >= 11 is 1.89. The molecule has 0 spiro atoms. The van der Waals surface area contributed by atoms with Gasteiger partial charge in [0.25, 0.3) is 0 Å². The van der Waals surface area contributed by atoms with E-state index < -0.39 is 0 Å². The van der Waals surface area contributed by atoms with Crippen LogP contribution in [-0.2, 0) is 4.79 Å². The summed E-state index contributed by atoms with van der Waals surface area (Å²) in [6.07, 6.45) is 5.88. The zero-order valence-corrected chi connectivity index (χ0v) is 9.40. The van der Waals surface area contributed by atoms with E-state index in [0.717, 1.165) is 32.2 Å². The summed E-state index contributed by atoms with van der Waals surface area (Å²) in [5.74, 6) is 1.65. The summed E-state index contributed by atoms with van der Waals surface area (Å²) in [4.78, 5) is 13.4. The van der Waals surface area contributed by atoms with E-state index in [-0.39, 0.29) is 0 Å². The van der Waals surface area contributed by atoms with Crippen LogP contribution in [0.25, 0.3) is 0 Å². The Morgan fingerprint density at radius 2 is 2.08 bits per heavy atom. The van der Waals surface area contributed by atoms with Crippen LogP contribution < -0.4 is 0 Å². The summed E-state index contributed by atoms with van der Waals surface area (Å²) in [5, 5.41) is 0. The average Bonchev–Trinajstić information content (AvgIpc) is 2.15. The predicted molar refractivity (Wildman–Crippen MR) is 58.3 cm³/mol. The van der Waals surface area contributed by atoms with Crippen LogP contribution in [0.1, 0.15) is 25.7 Å². The second kappa shape index (κ2) is 5.66. The highest BCUT2D eigenvalue weighted by Gasteiger charge is 2.21. The monoisotopic (exact) mass is 201 g/mol. The van der Waals surface area contributed by atoms with Gasteiger partial charge in [-0.05, 0) is 26.1 Å². The van der Waals surface area contributed by atoms with Crippen LogP contribution >= 0.6 is 11.8 Å². The summed E-state index contributed by atoms with van der Waals surface area (Å²) in [7, 11) is 2.18. The van der Waals surface area contributed by atoms with Gasteiger partial charge in [0.15, 0.2) is 0 Å². The Morgan fingerprint density at radius 1 is 1.46 bits per heavy atom. The highest BCUT2D eigenvalue weighted by Crippen LogP contribution is 2.19. The number of thioether (sulfide) groups is 1. The molecule has 0 aromatic heterocycles. The lowest BCUT2D eigenvalue weighted by atomic mass is 9.93. The zero-order valence-electron chi connectivity index (χ0n) is 8.58. The Labute approximate surface area is 85.1 Å². The fourth-order valence-corrected chi connectivity index (χ4v) is 2.25. The number of Topliss-reactive ketones (excluding diaryl/α,β-unsaturated/α-hetero) is 1. The molecule has 1 aliphatic carbocycles. The molecule has 0 aliphatic heterocycles. The molecule has 0 aromatic carbocycles. The summed E-state index contributed by atoms with van der Waals surface area (Å²) in [6, 6.07) is 0.657. The first-order chi connectivity index (χ1) is 6.24. The first-order valence-corrected chi connectivity index (χ1v) is 6.34. The minimum Gasteiger partial charge on any atom is -0.303 e. The molecule has 1 rings (SSSR count). The second-order valence-corrected chi connectivity index (χ2v) is 4.73. The van der Waals surface area contributed by atoms with Crippen molar-refractivity contribution in [1.82, 2.24) is 4.90 Å². The van der Waals surface area contributed by atoms with Crippen LogP contribution in [0.15, 0.2) is 0 Å². The zero-order chi connectivity index (χ0) is 9.68. The van der Waals surface area contributed by atoms with Crippen LogP contribution in [0.3, 0.4) is 0 Å². The van der Waals surface area contributed by atoms with Crippen molar-refractivity contribution in [3.8, 4) is 0 Å². The van der Waals surface area contributed by atoms with Crippen molar-refractivity contribution >= 4 is 17.5 Å². The molecular formula is C10H19NOS. The summed E-state index contributed by atoms with van der Waals surface area (Å²) in [5.41, 5.74) is 0. The average molecular weight is 201 g/mol. The largest absolute Gasteiger partial charge is 0.303 e. The normalized spacial score (nSPS) is 19.8. The molecule has 1 saturated carbocycles. The van der Waals surface area contributed by atoms with E-state index in [0.29, 0.717) is 11.8 Å². The Kier molecular flexibility index (Phi) is 4.81. The van der Waals surface area contributed by atoms with E-state index in [4.69, 9.17) is 0 Å². The minimum absolute atomic E-state index is 0.453. The lowest BCUT2D eigenvalue weighted by molar-refractivity contribution is -0.121. The molecule has 2 nitrogen and oxygen atoms in total. The van der Waals surface area contributed by atoms with Gasteiger partial charge in [0.1, 0.15) is 5.78 Å². The Balaban J connectivity index is 2.23. The first-order valence-electron chi connectivity index (χ1n) is 4.95. The van der Waals surface area contributed by atoms with Gasteiger partial charge in [0, 0.05) is 31.2 Å². The van der Waals surface area contributed by atoms with Crippen molar-refractivity contribution in [1.29, 1.82) is 0 Å². The van der Waals surface area contributed by atoms with E-state index in [9.17, 15) is 4.79 Å². The molecule has 0 bridgehead atoms. The van der Waals surface area contributed by atoms with Gasteiger partial charge in [-0.2, -0.15) is 11.8 Å². The smallest absolute Gasteiger partial charge is 0.133 e. The van der Waals surface area contributed by atoms with Crippen LogP contribution in [0.4, 0.5) is 0 Å². The molecule has 0 N–H and O–H groups in total. The quantitative estimate of drug-likeness (QED) is 0.691.